The molecule has 0 aliphatic carbocycles. The SMILES string of the molecule is FC(F)(F)C(F)(F)C(F)(F)n1ccnc1. The van der Waals surface area contributed by atoms with Crippen molar-refractivity contribution in [3.63, 3.8) is 0 Å². The van der Waals surface area contributed by atoms with E-state index in [4.69, 9.17) is 0 Å². The molecular formula is C6H3F7N2. The summed E-state index contributed by atoms with van der Waals surface area (Å²) in [6.07, 6.45) is -5.17. The van der Waals surface area contributed by atoms with Gasteiger partial charge in [-0.15, -0.1) is 0 Å². The van der Waals surface area contributed by atoms with Crippen LogP contribution in [0.2, 0.25) is 0 Å². The fraction of sp³-hybridized carbons (Fsp3) is 0.500. The highest BCUT2D eigenvalue weighted by atomic mass is 19.4. The molecule has 1 aromatic heterocycles. The zero-order valence-electron chi connectivity index (χ0n) is 6.77. The lowest BCUT2D eigenvalue weighted by Gasteiger charge is -2.28. The van der Waals surface area contributed by atoms with E-state index in [1.54, 1.807) is 0 Å². The Bertz CT molecular complexity index is 326. The molecule has 0 bridgehead atoms. The fourth-order valence-corrected chi connectivity index (χ4v) is 0.758. The second-order valence-corrected chi connectivity index (χ2v) is 2.58. The van der Waals surface area contributed by atoms with Crippen molar-refractivity contribution >= 4 is 0 Å². The lowest BCUT2D eigenvalue weighted by Crippen LogP contribution is -2.52. The van der Waals surface area contributed by atoms with E-state index in [9.17, 15) is 30.7 Å². The van der Waals surface area contributed by atoms with Crippen molar-refractivity contribution in [2.24, 2.45) is 0 Å². The third-order valence-electron chi connectivity index (χ3n) is 1.56. The number of alkyl halides is 7. The predicted octanol–water partition coefficient (Wildman–Crippen LogP) is 2.63. The van der Waals surface area contributed by atoms with Crippen molar-refractivity contribution in [2.45, 2.75) is 18.1 Å². The smallest absolute Gasteiger partial charge is 0.272 e. The lowest BCUT2D eigenvalue weighted by molar-refractivity contribution is -0.380. The lowest BCUT2D eigenvalue weighted by atomic mass is 10.2. The van der Waals surface area contributed by atoms with Gasteiger partial charge < -0.3 is 0 Å². The second-order valence-electron chi connectivity index (χ2n) is 2.58. The average Bonchev–Trinajstić information content (AvgIpc) is 2.53. The molecule has 0 aliphatic heterocycles. The number of hydrogen-bond donors (Lipinski definition) is 0. The van der Waals surface area contributed by atoms with E-state index in [2.05, 4.69) is 4.98 Å². The minimum Gasteiger partial charge on any atom is -0.272 e. The van der Waals surface area contributed by atoms with Crippen LogP contribution in [0.5, 0.6) is 0 Å². The molecular weight excluding hydrogens is 233 g/mol. The van der Waals surface area contributed by atoms with Crippen molar-refractivity contribution in [2.75, 3.05) is 0 Å². The predicted molar refractivity (Wildman–Crippen MR) is 33.4 cm³/mol. The van der Waals surface area contributed by atoms with Crippen molar-refractivity contribution in [3.05, 3.63) is 18.7 Å². The molecule has 0 atom stereocenters. The van der Waals surface area contributed by atoms with Crippen LogP contribution in [-0.4, -0.2) is 21.6 Å². The summed E-state index contributed by atoms with van der Waals surface area (Å²) in [5.74, 6) is -6.15. The Hall–Kier alpha value is -1.28. The van der Waals surface area contributed by atoms with Crippen LogP contribution < -0.4 is 0 Å². The Balaban J connectivity index is 3.17. The number of nitrogens with zero attached hydrogens (tertiary/aromatic N) is 2. The van der Waals surface area contributed by atoms with Gasteiger partial charge in [0.05, 0.1) is 6.33 Å². The van der Waals surface area contributed by atoms with E-state index in [0.29, 0.717) is 12.4 Å². The van der Waals surface area contributed by atoms with Gasteiger partial charge in [0.2, 0.25) is 0 Å². The molecule has 0 saturated heterocycles. The molecule has 0 amide bonds. The summed E-state index contributed by atoms with van der Waals surface area (Å²) < 4.78 is 84.5. The van der Waals surface area contributed by atoms with Crippen LogP contribution in [0.4, 0.5) is 30.7 Å². The molecule has 1 aromatic rings. The maximum Gasteiger partial charge on any atom is 0.462 e. The Labute approximate surface area is 78.3 Å². The van der Waals surface area contributed by atoms with E-state index in [0.717, 1.165) is 0 Å². The number of imidazole rings is 1. The normalized spacial score (nSPS) is 14.3. The van der Waals surface area contributed by atoms with E-state index >= 15 is 0 Å². The molecule has 0 aliphatic rings. The van der Waals surface area contributed by atoms with Crippen molar-refractivity contribution in [1.82, 2.24) is 9.55 Å². The minimum absolute atomic E-state index is 0.180. The molecule has 0 radical (unpaired) electrons. The zero-order chi connectivity index (χ0) is 11.9. The molecule has 2 nitrogen and oxygen atoms in total. The summed E-state index contributed by atoms with van der Waals surface area (Å²) >= 11 is 0. The first kappa shape index (κ1) is 11.8. The molecule has 0 N–H and O–H groups in total. The molecule has 1 rings (SSSR count). The summed E-state index contributed by atoms with van der Waals surface area (Å²) in [4.78, 5) is 2.97. The summed E-state index contributed by atoms with van der Waals surface area (Å²) in [5, 5.41) is 0. The Morgan fingerprint density at radius 3 is 1.80 bits per heavy atom. The Morgan fingerprint density at radius 1 is 0.933 bits per heavy atom. The van der Waals surface area contributed by atoms with Crippen molar-refractivity contribution < 1.29 is 30.7 Å². The highest BCUT2D eigenvalue weighted by Crippen LogP contribution is 2.48. The summed E-state index contributed by atoms with van der Waals surface area (Å²) in [6, 6.07) is -5.40. The summed E-state index contributed by atoms with van der Waals surface area (Å²) in [6.45, 7) is 0. The monoisotopic (exact) mass is 236 g/mol. The van der Waals surface area contributed by atoms with Crippen LogP contribution in [-0.2, 0) is 6.05 Å². The van der Waals surface area contributed by atoms with Crippen molar-refractivity contribution in [3.8, 4) is 0 Å². The molecule has 86 valence electrons. The third-order valence-corrected chi connectivity index (χ3v) is 1.56. The van der Waals surface area contributed by atoms with E-state index in [1.165, 1.54) is 0 Å². The molecule has 0 fully saturated rings. The molecule has 0 saturated carbocycles. The quantitative estimate of drug-likeness (QED) is 0.721. The fourth-order valence-electron chi connectivity index (χ4n) is 0.758. The maximum atomic E-state index is 12.7. The van der Waals surface area contributed by atoms with Crippen molar-refractivity contribution in [1.29, 1.82) is 0 Å². The molecule has 1 heterocycles. The first-order valence-corrected chi connectivity index (χ1v) is 3.41. The molecule has 0 spiro atoms. The second kappa shape index (κ2) is 3.11. The largest absolute Gasteiger partial charge is 0.462 e. The number of halogens is 7. The van der Waals surface area contributed by atoms with Gasteiger partial charge in [-0.25, -0.2) is 4.98 Å². The van der Waals surface area contributed by atoms with Gasteiger partial charge in [-0.1, -0.05) is 0 Å². The van der Waals surface area contributed by atoms with Crippen LogP contribution >= 0.6 is 0 Å². The van der Waals surface area contributed by atoms with Gasteiger partial charge in [0, 0.05) is 12.4 Å². The van der Waals surface area contributed by atoms with Crippen LogP contribution in [0.25, 0.3) is 0 Å². The van der Waals surface area contributed by atoms with E-state index in [1.807, 2.05) is 0 Å². The third kappa shape index (κ3) is 1.65. The highest BCUT2D eigenvalue weighted by molar-refractivity contribution is 4.92. The molecule has 0 unspecified atom stereocenters. The first-order valence-electron chi connectivity index (χ1n) is 3.41. The average molecular weight is 236 g/mol. The zero-order valence-corrected chi connectivity index (χ0v) is 6.77. The van der Waals surface area contributed by atoms with E-state index in [-0.39, 0.29) is 6.33 Å². The molecule has 15 heavy (non-hydrogen) atoms. The number of aromatic nitrogens is 2. The van der Waals surface area contributed by atoms with E-state index < -0.39 is 22.7 Å². The van der Waals surface area contributed by atoms with Gasteiger partial charge in [-0.2, -0.15) is 30.7 Å². The summed E-state index contributed by atoms with van der Waals surface area (Å²) in [7, 11) is 0. The minimum atomic E-state index is -6.33. The molecule has 9 heteroatoms. The van der Waals surface area contributed by atoms with Gasteiger partial charge in [-0.3, -0.25) is 4.57 Å². The van der Waals surface area contributed by atoms with Gasteiger partial charge in [0.25, 0.3) is 0 Å². The van der Waals surface area contributed by atoms with Gasteiger partial charge in [0.1, 0.15) is 0 Å². The van der Waals surface area contributed by atoms with Crippen LogP contribution in [0, 0.1) is 0 Å². The van der Waals surface area contributed by atoms with Crippen LogP contribution in [0.15, 0.2) is 18.7 Å². The van der Waals surface area contributed by atoms with Crippen LogP contribution in [0.1, 0.15) is 0 Å². The standard InChI is InChI=1S/C6H3F7N2/c7-4(8,5(9,10)11)6(12,13)15-2-1-14-3-15/h1-3H. The van der Waals surface area contributed by atoms with Gasteiger partial charge in [0.15, 0.2) is 0 Å². The van der Waals surface area contributed by atoms with Gasteiger partial charge in [-0.05, 0) is 0 Å². The van der Waals surface area contributed by atoms with Gasteiger partial charge >= 0.3 is 18.1 Å². The molecule has 0 aromatic carbocycles. The maximum absolute atomic E-state index is 12.7. The topological polar surface area (TPSA) is 17.8 Å². The van der Waals surface area contributed by atoms with Crippen LogP contribution in [0.3, 0.4) is 0 Å². The Morgan fingerprint density at radius 2 is 1.47 bits per heavy atom. The summed E-state index contributed by atoms with van der Waals surface area (Å²) in [5.41, 5.74) is 0. The number of rotatable bonds is 2. The first-order chi connectivity index (χ1) is 6.61. The highest BCUT2D eigenvalue weighted by Gasteiger charge is 2.74. The number of hydrogen-bond acceptors (Lipinski definition) is 1. The Kier molecular flexibility index (Phi) is 2.44.